The highest BCUT2D eigenvalue weighted by Gasteiger charge is 2.18. The maximum absolute atomic E-state index is 12.7. The van der Waals surface area contributed by atoms with Gasteiger partial charge in [-0.15, -0.1) is 0 Å². The van der Waals surface area contributed by atoms with Crippen LogP contribution >= 0.6 is 0 Å². The normalized spacial score (nSPS) is 9.92. The molecule has 0 spiro atoms. The first kappa shape index (κ1) is 8.46. The zero-order valence-corrected chi connectivity index (χ0v) is 5.63. The van der Waals surface area contributed by atoms with Crippen LogP contribution in [0.2, 0.25) is 0 Å². The summed E-state index contributed by atoms with van der Waals surface area (Å²) in [6.45, 7) is 0. The number of halogens is 3. The first-order valence-corrected chi connectivity index (χ1v) is 2.85. The number of hydrogen-bond donors (Lipinski definition) is 0. The first-order chi connectivity index (χ1) is 5.66. The Bertz CT molecular complexity index is 331. The van der Waals surface area contributed by atoms with Crippen LogP contribution in [-0.4, -0.2) is 9.97 Å². The molecular formula is C6H2F3N3. The minimum absolute atomic E-state index is 0.666. The average molecular weight is 173 g/mol. The fourth-order valence-electron chi connectivity index (χ4n) is 0.614. The molecule has 0 radical (unpaired) electrons. The van der Waals surface area contributed by atoms with Crippen molar-refractivity contribution in [2.45, 2.75) is 6.43 Å². The van der Waals surface area contributed by atoms with E-state index >= 15 is 0 Å². The molecule has 0 aliphatic carbocycles. The SMILES string of the molecule is N#Cc1ncnc(C(F)F)c1F. The van der Waals surface area contributed by atoms with Crippen LogP contribution in [0.5, 0.6) is 0 Å². The molecule has 62 valence electrons. The van der Waals surface area contributed by atoms with E-state index in [0.29, 0.717) is 0 Å². The van der Waals surface area contributed by atoms with Crippen LogP contribution in [0, 0.1) is 17.1 Å². The van der Waals surface area contributed by atoms with Gasteiger partial charge in [-0.25, -0.2) is 23.1 Å². The Balaban J connectivity index is 3.25. The van der Waals surface area contributed by atoms with Crippen molar-refractivity contribution >= 4 is 0 Å². The molecule has 0 unspecified atom stereocenters. The van der Waals surface area contributed by atoms with Crippen molar-refractivity contribution in [2.24, 2.45) is 0 Å². The minimum Gasteiger partial charge on any atom is -0.232 e. The van der Waals surface area contributed by atoms with Crippen LogP contribution in [0.25, 0.3) is 0 Å². The van der Waals surface area contributed by atoms with Gasteiger partial charge in [-0.3, -0.25) is 0 Å². The van der Waals surface area contributed by atoms with Crippen LogP contribution in [0.1, 0.15) is 17.8 Å². The van der Waals surface area contributed by atoms with Crippen LogP contribution < -0.4 is 0 Å². The zero-order valence-electron chi connectivity index (χ0n) is 5.63. The molecular weight excluding hydrogens is 171 g/mol. The third-order valence-corrected chi connectivity index (χ3v) is 1.13. The fourth-order valence-corrected chi connectivity index (χ4v) is 0.614. The van der Waals surface area contributed by atoms with Crippen molar-refractivity contribution in [3.8, 4) is 6.07 Å². The predicted octanol–water partition coefficient (Wildman–Crippen LogP) is 1.42. The summed E-state index contributed by atoms with van der Waals surface area (Å²) in [6, 6.07) is 1.33. The molecule has 0 fully saturated rings. The van der Waals surface area contributed by atoms with E-state index in [2.05, 4.69) is 9.97 Å². The van der Waals surface area contributed by atoms with E-state index in [1.54, 1.807) is 0 Å². The number of rotatable bonds is 1. The van der Waals surface area contributed by atoms with Crippen molar-refractivity contribution in [1.29, 1.82) is 5.26 Å². The molecule has 6 heteroatoms. The van der Waals surface area contributed by atoms with Gasteiger partial charge in [0.1, 0.15) is 18.1 Å². The number of hydrogen-bond acceptors (Lipinski definition) is 3. The van der Waals surface area contributed by atoms with Gasteiger partial charge in [0.2, 0.25) is 0 Å². The second kappa shape index (κ2) is 3.17. The van der Waals surface area contributed by atoms with E-state index in [1.165, 1.54) is 6.07 Å². The molecule has 1 aromatic rings. The van der Waals surface area contributed by atoms with Gasteiger partial charge in [0.15, 0.2) is 11.5 Å². The lowest BCUT2D eigenvalue weighted by atomic mass is 10.3. The number of nitrogens with zero attached hydrogens (tertiary/aromatic N) is 3. The molecule has 0 N–H and O–H groups in total. The van der Waals surface area contributed by atoms with Crippen LogP contribution in [0.3, 0.4) is 0 Å². The summed E-state index contributed by atoms with van der Waals surface area (Å²) in [5.41, 5.74) is -1.71. The Labute approximate surface area is 65.5 Å². The van der Waals surface area contributed by atoms with E-state index in [9.17, 15) is 13.2 Å². The Kier molecular flexibility index (Phi) is 2.24. The van der Waals surface area contributed by atoms with Gasteiger partial charge < -0.3 is 0 Å². The Morgan fingerprint density at radius 2 is 2.08 bits per heavy atom. The van der Waals surface area contributed by atoms with E-state index in [4.69, 9.17) is 5.26 Å². The van der Waals surface area contributed by atoms with Gasteiger partial charge >= 0.3 is 0 Å². The van der Waals surface area contributed by atoms with Crippen molar-refractivity contribution in [2.75, 3.05) is 0 Å². The maximum atomic E-state index is 12.7. The lowest BCUT2D eigenvalue weighted by Gasteiger charge is -1.99. The summed E-state index contributed by atoms with van der Waals surface area (Å²) >= 11 is 0. The molecule has 0 bridgehead atoms. The Hall–Kier alpha value is -1.64. The van der Waals surface area contributed by atoms with Crippen molar-refractivity contribution < 1.29 is 13.2 Å². The molecule has 0 aliphatic rings. The summed E-state index contributed by atoms with van der Waals surface area (Å²) < 4.78 is 36.5. The summed E-state index contributed by atoms with van der Waals surface area (Å²) in [4.78, 5) is 6.16. The standard InChI is InChI=1S/C6H2F3N3/c7-4-3(1-10)11-2-12-5(4)6(8)9/h2,6H. The molecule has 0 saturated carbocycles. The van der Waals surface area contributed by atoms with Gasteiger partial charge in [-0.2, -0.15) is 5.26 Å². The maximum Gasteiger partial charge on any atom is 0.283 e. The molecule has 0 amide bonds. The van der Waals surface area contributed by atoms with Crippen molar-refractivity contribution in [3.63, 3.8) is 0 Å². The molecule has 0 saturated heterocycles. The Morgan fingerprint density at radius 3 is 2.58 bits per heavy atom. The highest BCUT2D eigenvalue weighted by atomic mass is 19.3. The summed E-state index contributed by atoms with van der Waals surface area (Å²) in [7, 11) is 0. The second-order valence-electron chi connectivity index (χ2n) is 1.83. The summed E-state index contributed by atoms with van der Waals surface area (Å²) in [6.07, 6.45) is -2.30. The molecule has 1 heterocycles. The van der Waals surface area contributed by atoms with Gasteiger partial charge in [-0.1, -0.05) is 0 Å². The lowest BCUT2D eigenvalue weighted by molar-refractivity contribution is 0.140. The van der Waals surface area contributed by atoms with Crippen LogP contribution in [0.4, 0.5) is 13.2 Å². The largest absolute Gasteiger partial charge is 0.283 e. The van der Waals surface area contributed by atoms with E-state index in [1.807, 2.05) is 0 Å². The van der Waals surface area contributed by atoms with Gasteiger partial charge in [-0.05, 0) is 0 Å². The lowest BCUT2D eigenvalue weighted by Crippen LogP contribution is -2.00. The van der Waals surface area contributed by atoms with Gasteiger partial charge in [0, 0.05) is 0 Å². The molecule has 1 rings (SSSR count). The average Bonchev–Trinajstić information content (AvgIpc) is 2.04. The van der Waals surface area contributed by atoms with Crippen molar-refractivity contribution in [1.82, 2.24) is 9.97 Å². The third-order valence-electron chi connectivity index (χ3n) is 1.13. The first-order valence-electron chi connectivity index (χ1n) is 2.85. The highest BCUT2D eigenvalue weighted by molar-refractivity contribution is 5.24. The van der Waals surface area contributed by atoms with Gasteiger partial charge in [0.25, 0.3) is 6.43 Å². The molecule has 3 nitrogen and oxygen atoms in total. The zero-order chi connectivity index (χ0) is 9.14. The van der Waals surface area contributed by atoms with E-state index < -0.39 is 23.6 Å². The minimum atomic E-state index is -3.03. The second-order valence-corrected chi connectivity index (χ2v) is 1.83. The fraction of sp³-hybridized carbons (Fsp3) is 0.167. The van der Waals surface area contributed by atoms with Crippen LogP contribution in [0.15, 0.2) is 6.33 Å². The molecule has 0 atom stereocenters. The third kappa shape index (κ3) is 1.34. The quantitative estimate of drug-likeness (QED) is 0.645. The van der Waals surface area contributed by atoms with Gasteiger partial charge in [0.05, 0.1) is 0 Å². The Morgan fingerprint density at radius 1 is 1.42 bits per heavy atom. The molecule has 12 heavy (non-hydrogen) atoms. The van der Waals surface area contributed by atoms with Crippen molar-refractivity contribution in [3.05, 3.63) is 23.5 Å². The smallest absolute Gasteiger partial charge is 0.232 e. The van der Waals surface area contributed by atoms with E-state index in [-0.39, 0.29) is 0 Å². The van der Waals surface area contributed by atoms with E-state index in [0.717, 1.165) is 6.33 Å². The number of nitriles is 1. The highest BCUT2D eigenvalue weighted by Crippen LogP contribution is 2.19. The molecule has 0 aliphatic heterocycles. The summed E-state index contributed by atoms with van der Waals surface area (Å²) in [5.74, 6) is -1.35. The molecule has 0 aromatic carbocycles. The number of aromatic nitrogens is 2. The number of alkyl halides is 2. The predicted molar refractivity (Wildman–Crippen MR) is 31.7 cm³/mol. The topological polar surface area (TPSA) is 49.6 Å². The monoisotopic (exact) mass is 173 g/mol. The summed E-state index contributed by atoms with van der Waals surface area (Å²) in [5, 5.41) is 8.20. The molecule has 1 aromatic heterocycles. The van der Waals surface area contributed by atoms with Crippen LogP contribution in [-0.2, 0) is 0 Å².